The molecule has 0 radical (unpaired) electrons. The highest BCUT2D eigenvalue weighted by Crippen LogP contribution is 2.25. The van der Waals surface area contributed by atoms with Gasteiger partial charge in [0.15, 0.2) is 5.82 Å². The van der Waals surface area contributed by atoms with Crippen molar-refractivity contribution in [3.05, 3.63) is 60.4 Å². The van der Waals surface area contributed by atoms with E-state index in [9.17, 15) is 8.42 Å². The number of hydrogen-bond donors (Lipinski definition) is 0. The highest BCUT2D eigenvalue weighted by Gasteiger charge is 2.17. The topological polar surface area (TPSA) is 85.3 Å². The number of nitrogens with zero attached hydrogens (tertiary/aromatic N) is 4. The van der Waals surface area contributed by atoms with E-state index in [2.05, 4.69) is 15.0 Å². The first-order valence-electron chi connectivity index (χ1n) is 8.40. The molecule has 0 saturated carbocycles. The van der Waals surface area contributed by atoms with Crippen LogP contribution in [0.1, 0.15) is 12.6 Å². The Balaban J connectivity index is 1.89. The van der Waals surface area contributed by atoms with Crippen molar-refractivity contribution in [2.75, 3.05) is 14.1 Å². The molecule has 0 aliphatic carbocycles. The van der Waals surface area contributed by atoms with Crippen LogP contribution in [0.2, 0.25) is 0 Å². The van der Waals surface area contributed by atoms with Gasteiger partial charge in [0.1, 0.15) is 11.4 Å². The molecule has 0 spiro atoms. The molecule has 3 aromatic rings. The van der Waals surface area contributed by atoms with Gasteiger partial charge in [0.25, 0.3) is 0 Å². The van der Waals surface area contributed by atoms with Crippen molar-refractivity contribution in [2.24, 2.45) is 0 Å². The summed E-state index contributed by atoms with van der Waals surface area (Å²) in [7, 11) is -0.492. The molecule has 0 aliphatic heterocycles. The summed E-state index contributed by atoms with van der Waals surface area (Å²) in [5.41, 5.74) is 1.48. The predicted octanol–water partition coefficient (Wildman–Crippen LogP) is 3.14. The molecule has 0 N–H and O–H groups in total. The zero-order chi connectivity index (χ0) is 19.4. The number of ether oxygens (including phenoxy) is 1. The van der Waals surface area contributed by atoms with E-state index in [1.54, 1.807) is 24.4 Å². The number of benzene rings is 1. The summed E-state index contributed by atoms with van der Waals surface area (Å²) >= 11 is 0. The molecule has 0 fully saturated rings. The lowest BCUT2D eigenvalue weighted by Gasteiger charge is -2.12. The van der Waals surface area contributed by atoms with E-state index in [0.29, 0.717) is 23.1 Å². The summed E-state index contributed by atoms with van der Waals surface area (Å²) in [5.74, 6) is 1.35. The van der Waals surface area contributed by atoms with Crippen molar-refractivity contribution in [3.63, 3.8) is 0 Å². The molecule has 7 nitrogen and oxygen atoms in total. The van der Waals surface area contributed by atoms with Crippen molar-refractivity contribution in [1.82, 2.24) is 19.3 Å². The van der Waals surface area contributed by atoms with Crippen LogP contribution in [0.3, 0.4) is 0 Å². The molecule has 27 heavy (non-hydrogen) atoms. The van der Waals surface area contributed by atoms with Crippen LogP contribution in [0.5, 0.6) is 11.6 Å². The van der Waals surface area contributed by atoms with E-state index < -0.39 is 10.0 Å². The van der Waals surface area contributed by atoms with Gasteiger partial charge in [-0.05, 0) is 42.8 Å². The maximum Gasteiger partial charge on any atom is 0.242 e. The van der Waals surface area contributed by atoms with Gasteiger partial charge in [0.05, 0.1) is 4.90 Å². The van der Waals surface area contributed by atoms with Gasteiger partial charge in [-0.3, -0.25) is 4.98 Å². The summed E-state index contributed by atoms with van der Waals surface area (Å²) in [6.45, 7) is 2.00. The number of hydrogen-bond acceptors (Lipinski definition) is 6. The Morgan fingerprint density at radius 3 is 2.37 bits per heavy atom. The first-order valence-corrected chi connectivity index (χ1v) is 9.84. The second-order valence-corrected chi connectivity index (χ2v) is 8.10. The maximum absolute atomic E-state index is 12.1. The number of aromatic nitrogens is 3. The van der Waals surface area contributed by atoms with Gasteiger partial charge in [0.2, 0.25) is 15.9 Å². The Morgan fingerprint density at radius 2 is 1.78 bits per heavy atom. The third-order valence-electron chi connectivity index (χ3n) is 3.84. The van der Waals surface area contributed by atoms with Crippen LogP contribution in [0.25, 0.3) is 11.5 Å². The summed E-state index contributed by atoms with van der Waals surface area (Å²) in [6, 6.07) is 13.5. The minimum atomic E-state index is -3.48. The molecule has 140 valence electrons. The largest absolute Gasteiger partial charge is 0.439 e. The molecule has 2 aromatic heterocycles. The minimum Gasteiger partial charge on any atom is -0.439 e. The summed E-state index contributed by atoms with van der Waals surface area (Å²) in [6.07, 6.45) is 2.40. The Hall–Kier alpha value is -2.84. The fourth-order valence-corrected chi connectivity index (χ4v) is 3.23. The van der Waals surface area contributed by atoms with Crippen LogP contribution >= 0.6 is 0 Å². The van der Waals surface area contributed by atoms with E-state index in [0.717, 1.165) is 12.1 Å². The van der Waals surface area contributed by atoms with Crippen LogP contribution in [0.15, 0.2) is 59.6 Å². The van der Waals surface area contributed by atoms with Crippen LogP contribution in [-0.2, 0) is 16.4 Å². The maximum atomic E-state index is 12.1. The van der Waals surface area contributed by atoms with Gasteiger partial charge in [0, 0.05) is 32.1 Å². The van der Waals surface area contributed by atoms with Gasteiger partial charge >= 0.3 is 0 Å². The van der Waals surface area contributed by atoms with Gasteiger partial charge < -0.3 is 4.74 Å². The van der Waals surface area contributed by atoms with Crippen molar-refractivity contribution < 1.29 is 13.2 Å². The lowest BCUT2D eigenvalue weighted by Crippen LogP contribution is -2.22. The van der Waals surface area contributed by atoms with E-state index in [1.807, 2.05) is 25.1 Å². The minimum absolute atomic E-state index is 0.200. The van der Waals surface area contributed by atoms with Gasteiger partial charge in [-0.1, -0.05) is 13.0 Å². The molecule has 2 heterocycles. The van der Waals surface area contributed by atoms with E-state index in [1.165, 1.54) is 30.5 Å². The number of sulfonamides is 1. The first-order chi connectivity index (χ1) is 12.9. The number of pyridine rings is 1. The summed E-state index contributed by atoms with van der Waals surface area (Å²) in [4.78, 5) is 13.4. The lowest BCUT2D eigenvalue weighted by molar-refractivity contribution is 0.460. The van der Waals surface area contributed by atoms with Crippen molar-refractivity contribution in [1.29, 1.82) is 0 Å². The Bertz CT molecular complexity index is 1020. The zero-order valence-corrected chi connectivity index (χ0v) is 16.1. The van der Waals surface area contributed by atoms with Crippen LogP contribution < -0.4 is 4.74 Å². The fraction of sp³-hybridized carbons (Fsp3) is 0.211. The second kappa shape index (κ2) is 7.81. The smallest absolute Gasteiger partial charge is 0.242 e. The number of rotatable bonds is 6. The van der Waals surface area contributed by atoms with Gasteiger partial charge in [-0.2, -0.15) is 4.98 Å². The molecule has 0 saturated heterocycles. The van der Waals surface area contributed by atoms with E-state index >= 15 is 0 Å². The summed E-state index contributed by atoms with van der Waals surface area (Å²) < 4.78 is 31.3. The van der Waals surface area contributed by atoms with Gasteiger partial charge in [-0.15, -0.1) is 0 Å². The standard InChI is InChI=1S/C19H20N4O3S/c1-4-14-13-18(22-19(21-14)17-7-5-6-12-20-17)26-15-8-10-16(11-9-15)27(24,25)23(2)3/h5-13H,4H2,1-3H3. The second-order valence-electron chi connectivity index (χ2n) is 5.95. The van der Waals surface area contributed by atoms with Crippen LogP contribution in [-0.4, -0.2) is 41.8 Å². The van der Waals surface area contributed by atoms with Crippen LogP contribution in [0.4, 0.5) is 0 Å². The molecule has 0 unspecified atom stereocenters. The molecule has 3 rings (SSSR count). The van der Waals surface area contributed by atoms with Crippen molar-refractivity contribution >= 4 is 10.0 Å². The zero-order valence-electron chi connectivity index (χ0n) is 15.3. The SMILES string of the molecule is CCc1cc(Oc2ccc(S(=O)(=O)N(C)C)cc2)nc(-c2ccccn2)n1. The summed E-state index contributed by atoms with van der Waals surface area (Å²) in [5, 5.41) is 0. The molecule has 0 atom stereocenters. The van der Waals surface area contributed by atoms with Crippen molar-refractivity contribution in [2.45, 2.75) is 18.2 Å². The highest BCUT2D eigenvalue weighted by molar-refractivity contribution is 7.89. The molecule has 0 aliphatic rings. The molecular weight excluding hydrogens is 364 g/mol. The Morgan fingerprint density at radius 1 is 1.04 bits per heavy atom. The average Bonchev–Trinajstić information content (AvgIpc) is 2.68. The third-order valence-corrected chi connectivity index (χ3v) is 5.67. The Kier molecular flexibility index (Phi) is 5.48. The molecule has 0 bridgehead atoms. The Labute approximate surface area is 158 Å². The highest BCUT2D eigenvalue weighted by atomic mass is 32.2. The van der Waals surface area contributed by atoms with Gasteiger partial charge in [-0.25, -0.2) is 17.7 Å². The third kappa shape index (κ3) is 4.29. The first kappa shape index (κ1) is 18.9. The normalized spacial score (nSPS) is 11.6. The van der Waals surface area contributed by atoms with E-state index in [4.69, 9.17) is 4.74 Å². The average molecular weight is 384 g/mol. The number of aryl methyl sites for hydroxylation is 1. The lowest BCUT2D eigenvalue weighted by atomic mass is 10.3. The molecular formula is C19H20N4O3S. The molecule has 0 amide bonds. The molecule has 8 heteroatoms. The quantitative estimate of drug-likeness (QED) is 0.649. The predicted molar refractivity (Wildman–Crippen MR) is 102 cm³/mol. The molecule has 1 aromatic carbocycles. The van der Waals surface area contributed by atoms with Crippen molar-refractivity contribution in [3.8, 4) is 23.1 Å². The van der Waals surface area contributed by atoms with Crippen LogP contribution in [0, 0.1) is 0 Å². The van der Waals surface area contributed by atoms with E-state index in [-0.39, 0.29) is 4.90 Å². The monoisotopic (exact) mass is 384 g/mol. The fourth-order valence-electron chi connectivity index (χ4n) is 2.33.